The molecule has 0 saturated carbocycles. The zero-order valence-electron chi connectivity index (χ0n) is 3.94. The summed E-state index contributed by atoms with van der Waals surface area (Å²) >= 11 is 1.23. The molecule has 1 aliphatic heterocycles. The van der Waals surface area contributed by atoms with E-state index in [0.717, 1.165) is 19.4 Å². The molecule has 0 aromatic rings. The van der Waals surface area contributed by atoms with E-state index in [1.165, 1.54) is 11.9 Å². The maximum absolute atomic E-state index is 10.4. The van der Waals surface area contributed by atoms with Crippen LogP contribution < -0.4 is 4.72 Å². The number of hydrogen-bond donors (Lipinski definition) is 1. The molecule has 1 fully saturated rings. The summed E-state index contributed by atoms with van der Waals surface area (Å²) in [6.07, 6.45) is 1.75. The van der Waals surface area contributed by atoms with Crippen LogP contribution in [0.5, 0.6) is 0 Å². The van der Waals surface area contributed by atoms with Crippen LogP contribution in [0.15, 0.2) is 0 Å². The fourth-order valence-corrected chi connectivity index (χ4v) is 1.14. The van der Waals surface area contributed by atoms with E-state index in [-0.39, 0.29) is 5.12 Å². The molecule has 1 heterocycles. The van der Waals surface area contributed by atoms with Crippen LogP contribution in [-0.2, 0) is 4.79 Å². The molecule has 0 atom stereocenters. The molecule has 0 spiro atoms. The zero-order valence-corrected chi connectivity index (χ0v) is 4.75. The summed E-state index contributed by atoms with van der Waals surface area (Å²) < 4.78 is 2.90. The van der Waals surface area contributed by atoms with E-state index in [0.29, 0.717) is 0 Å². The highest BCUT2D eigenvalue weighted by Crippen LogP contribution is 2.07. The van der Waals surface area contributed by atoms with Gasteiger partial charge in [-0.15, -0.1) is 0 Å². The predicted octanol–water partition coefficient (Wildman–Crippen LogP) is 0.545. The Morgan fingerprint density at radius 3 is 2.86 bits per heavy atom. The summed E-state index contributed by atoms with van der Waals surface area (Å²) in [4.78, 5) is 10.4. The zero-order chi connectivity index (χ0) is 5.11. The van der Waals surface area contributed by atoms with Crippen molar-refractivity contribution in [3.63, 3.8) is 0 Å². The SMILES string of the molecule is O=C1CCCNS1. The average Bonchev–Trinajstić information content (AvgIpc) is 1.69. The molecule has 0 aromatic heterocycles. The van der Waals surface area contributed by atoms with Crippen LogP contribution in [-0.4, -0.2) is 11.7 Å². The van der Waals surface area contributed by atoms with Crippen molar-refractivity contribution in [2.75, 3.05) is 6.54 Å². The van der Waals surface area contributed by atoms with E-state index < -0.39 is 0 Å². The van der Waals surface area contributed by atoms with Crippen molar-refractivity contribution in [2.45, 2.75) is 12.8 Å². The highest BCUT2D eigenvalue weighted by molar-refractivity contribution is 8.12. The molecule has 3 heteroatoms. The lowest BCUT2D eigenvalue weighted by Crippen LogP contribution is -2.16. The third-order valence-electron chi connectivity index (χ3n) is 0.846. The maximum Gasteiger partial charge on any atom is 0.203 e. The summed E-state index contributed by atoms with van der Waals surface area (Å²) in [6, 6.07) is 0. The van der Waals surface area contributed by atoms with Gasteiger partial charge >= 0.3 is 0 Å². The van der Waals surface area contributed by atoms with Crippen molar-refractivity contribution in [3.05, 3.63) is 0 Å². The first-order chi connectivity index (χ1) is 3.39. The highest BCUT2D eigenvalue weighted by atomic mass is 32.2. The van der Waals surface area contributed by atoms with Crippen LogP contribution in [0.4, 0.5) is 0 Å². The van der Waals surface area contributed by atoms with Crippen LogP contribution in [0.1, 0.15) is 12.8 Å². The monoisotopic (exact) mass is 117 g/mol. The predicted molar refractivity (Wildman–Crippen MR) is 29.8 cm³/mol. The number of rotatable bonds is 0. The van der Waals surface area contributed by atoms with Crippen LogP contribution in [0.3, 0.4) is 0 Å². The lowest BCUT2D eigenvalue weighted by Gasteiger charge is -2.06. The number of carbonyl (C=O) groups excluding carboxylic acids is 1. The van der Waals surface area contributed by atoms with Gasteiger partial charge in [0.2, 0.25) is 5.12 Å². The minimum Gasteiger partial charge on any atom is -0.286 e. The molecule has 0 aromatic carbocycles. The first-order valence-electron chi connectivity index (χ1n) is 2.32. The topological polar surface area (TPSA) is 29.1 Å². The molecule has 7 heavy (non-hydrogen) atoms. The van der Waals surface area contributed by atoms with E-state index >= 15 is 0 Å². The van der Waals surface area contributed by atoms with Crippen LogP contribution in [0.25, 0.3) is 0 Å². The third-order valence-corrected chi connectivity index (χ3v) is 1.63. The average molecular weight is 117 g/mol. The molecule has 0 aliphatic carbocycles. The molecule has 1 rings (SSSR count). The second-order valence-corrected chi connectivity index (χ2v) is 2.42. The summed E-state index contributed by atoms with van der Waals surface area (Å²) in [5.74, 6) is 0. The van der Waals surface area contributed by atoms with E-state index in [4.69, 9.17) is 0 Å². The Bertz CT molecular complexity index is 75.8. The van der Waals surface area contributed by atoms with Gasteiger partial charge in [0.1, 0.15) is 0 Å². The Hall–Kier alpha value is -0.0200. The van der Waals surface area contributed by atoms with Crippen molar-refractivity contribution < 1.29 is 4.79 Å². The third kappa shape index (κ3) is 1.49. The Morgan fingerprint density at radius 2 is 2.57 bits per heavy atom. The van der Waals surface area contributed by atoms with Gasteiger partial charge in [-0.05, 0) is 18.4 Å². The highest BCUT2D eigenvalue weighted by Gasteiger charge is 2.06. The maximum atomic E-state index is 10.4. The molecule has 1 aliphatic rings. The number of carbonyl (C=O) groups is 1. The Labute approximate surface area is 46.8 Å². The Kier molecular flexibility index (Phi) is 1.70. The summed E-state index contributed by atoms with van der Waals surface area (Å²) in [5, 5.41) is 0.270. The van der Waals surface area contributed by atoms with Gasteiger partial charge in [0.15, 0.2) is 0 Å². The summed E-state index contributed by atoms with van der Waals surface area (Å²) in [6.45, 7) is 0.983. The van der Waals surface area contributed by atoms with E-state index in [1.807, 2.05) is 0 Å². The van der Waals surface area contributed by atoms with Crippen molar-refractivity contribution in [3.8, 4) is 0 Å². The van der Waals surface area contributed by atoms with E-state index in [2.05, 4.69) is 4.72 Å². The van der Waals surface area contributed by atoms with Gasteiger partial charge in [-0.3, -0.25) is 9.52 Å². The smallest absolute Gasteiger partial charge is 0.203 e. The lowest BCUT2D eigenvalue weighted by molar-refractivity contribution is -0.111. The van der Waals surface area contributed by atoms with Crippen molar-refractivity contribution >= 4 is 17.1 Å². The number of hydrogen-bond acceptors (Lipinski definition) is 3. The molecule has 1 saturated heterocycles. The largest absolute Gasteiger partial charge is 0.286 e. The van der Waals surface area contributed by atoms with Crippen molar-refractivity contribution in [1.29, 1.82) is 0 Å². The fourth-order valence-electron chi connectivity index (χ4n) is 0.487. The summed E-state index contributed by atoms with van der Waals surface area (Å²) in [7, 11) is 0. The first kappa shape index (κ1) is 5.12. The molecule has 0 radical (unpaired) electrons. The molecular weight excluding hydrogens is 110 g/mol. The Morgan fingerprint density at radius 1 is 1.71 bits per heavy atom. The second kappa shape index (κ2) is 2.33. The molecule has 40 valence electrons. The van der Waals surface area contributed by atoms with Crippen molar-refractivity contribution in [2.24, 2.45) is 0 Å². The first-order valence-corrected chi connectivity index (χ1v) is 3.14. The van der Waals surface area contributed by atoms with Gasteiger partial charge in [-0.1, -0.05) is 0 Å². The quantitative estimate of drug-likeness (QED) is 0.470. The normalized spacial score (nSPS) is 22.6. The van der Waals surface area contributed by atoms with Crippen molar-refractivity contribution in [1.82, 2.24) is 4.72 Å². The van der Waals surface area contributed by atoms with Gasteiger partial charge in [0.05, 0.1) is 0 Å². The Balaban J connectivity index is 2.25. The van der Waals surface area contributed by atoms with Gasteiger partial charge in [-0.2, -0.15) is 0 Å². The molecular formula is C4H7NOS. The van der Waals surface area contributed by atoms with E-state index in [1.54, 1.807) is 0 Å². The van der Waals surface area contributed by atoms with Gasteiger partial charge in [0.25, 0.3) is 0 Å². The van der Waals surface area contributed by atoms with Gasteiger partial charge in [0, 0.05) is 13.0 Å². The minimum atomic E-state index is 0.270. The van der Waals surface area contributed by atoms with E-state index in [9.17, 15) is 4.79 Å². The molecule has 2 nitrogen and oxygen atoms in total. The molecule has 0 bridgehead atoms. The van der Waals surface area contributed by atoms with Crippen LogP contribution in [0.2, 0.25) is 0 Å². The molecule has 0 unspecified atom stereocenters. The fraction of sp³-hybridized carbons (Fsp3) is 0.750. The minimum absolute atomic E-state index is 0.270. The van der Waals surface area contributed by atoms with Gasteiger partial charge in [-0.25, -0.2) is 0 Å². The number of nitrogens with one attached hydrogen (secondary N) is 1. The lowest BCUT2D eigenvalue weighted by atomic mass is 10.3. The van der Waals surface area contributed by atoms with Crippen LogP contribution in [0, 0.1) is 0 Å². The van der Waals surface area contributed by atoms with Gasteiger partial charge < -0.3 is 0 Å². The molecule has 0 amide bonds. The summed E-state index contributed by atoms with van der Waals surface area (Å²) in [5.41, 5.74) is 0. The van der Waals surface area contributed by atoms with Crippen LogP contribution >= 0.6 is 11.9 Å². The molecule has 1 N–H and O–H groups in total. The standard InChI is InChI=1S/C4H7NOS/c6-4-2-1-3-5-7-4/h5H,1-3H2. The second-order valence-electron chi connectivity index (χ2n) is 1.47.